The van der Waals surface area contributed by atoms with E-state index in [1.807, 2.05) is 0 Å². The molecule has 0 spiro atoms. The zero-order chi connectivity index (χ0) is 10.6. The fourth-order valence-corrected chi connectivity index (χ4v) is 1.59. The van der Waals surface area contributed by atoms with E-state index in [-0.39, 0.29) is 6.17 Å². The number of nitrogens with two attached hydrogens (primary N) is 1. The van der Waals surface area contributed by atoms with E-state index >= 15 is 0 Å². The Kier molecular flexibility index (Phi) is 4.11. The van der Waals surface area contributed by atoms with Crippen molar-refractivity contribution in [1.82, 2.24) is 4.90 Å². The number of benzene rings is 1. The van der Waals surface area contributed by atoms with Crippen molar-refractivity contribution in [1.29, 1.82) is 0 Å². The Morgan fingerprint density at radius 2 is 1.64 bits per heavy atom. The summed E-state index contributed by atoms with van der Waals surface area (Å²) in [6.07, 6.45) is 0.0330. The van der Waals surface area contributed by atoms with E-state index in [1.54, 1.807) is 0 Å². The molecular formula is C12H20N2. The lowest BCUT2D eigenvalue weighted by molar-refractivity contribution is 0.224. The van der Waals surface area contributed by atoms with Crippen LogP contribution in [0.2, 0.25) is 0 Å². The number of rotatable bonds is 4. The quantitative estimate of drug-likeness (QED) is 0.742. The largest absolute Gasteiger partial charge is 0.312 e. The highest BCUT2D eigenvalue weighted by Gasteiger charge is 2.11. The van der Waals surface area contributed by atoms with Gasteiger partial charge in [-0.25, -0.2) is 0 Å². The van der Waals surface area contributed by atoms with Gasteiger partial charge in [-0.3, -0.25) is 4.90 Å². The van der Waals surface area contributed by atoms with Gasteiger partial charge in [0.15, 0.2) is 0 Å². The maximum absolute atomic E-state index is 6.14. The molecule has 0 saturated carbocycles. The summed E-state index contributed by atoms with van der Waals surface area (Å²) >= 11 is 0. The average Bonchev–Trinajstić information content (AvgIpc) is 2.20. The third-order valence-corrected chi connectivity index (χ3v) is 2.62. The minimum atomic E-state index is 0.0330. The van der Waals surface area contributed by atoms with Crippen LogP contribution in [0.4, 0.5) is 0 Å². The molecule has 0 aliphatic heterocycles. The first-order chi connectivity index (χ1) is 6.69. The van der Waals surface area contributed by atoms with Crippen LogP contribution in [-0.4, -0.2) is 18.0 Å². The smallest absolute Gasteiger partial charge is 0.0835 e. The summed E-state index contributed by atoms with van der Waals surface area (Å²) in [5.74, 6) is 0. The molecule has 1 aromatic carbocycles. The Labute approximate surface area is 86.7 Å². The predicted molar refractivity (Wildman–Crippen MR) is 61.0 cm³/mol. The molecule has 78 valence electrons. The van der Waals surface area contributed by atoms with Crippen LogP contribution in [0.1, 0.15) is 31.1 Å². The standard InChI is InChI=1S/C12H20N2/c1-4-14(5-2)12(13)11-8-6-10(3)7-9-11/h6-9,12H,4-5,13H2,1-3H3. The van der Waals surface area contributed by atoms with E-state index in [0.717, 1.165) is 13.1 Å². The highest BCUT2D eigenvalue weighted by molar-refractivity contribution is 5.23. The first-order valence-corrected chi connectivity index (χ1v) is 5.25. The second-order valence-electron chi connectivity index (χ2n) is 3.58. The van der Waals surface area contributed by atoms with Crippen molar-refractivity contribution in [3.63, 3.8) is 0 Å². The zero-order valence-corrected chi connectivity index (χ0v) is 9.33. The molecule has 2 heteroatoms. The molecule has 0 aliphatic carbocycles. The van der Waals surface area contributed by atoms with Gasteiger partial charge >= 0.3 is 0 Å². The van der Waals surface area contributed by atoms with E-state index in [2.05, 4.69) is 49.9 Å². The summed E-state index contributed by atoms with van der Waals surface area (Å²) in [7, 11) is 0. The van der Waals surface area contributed by atoms with Crippen molar-refractivity contribution < 1.29 is 0 Å². The van der Waals surface area contributed by atoms with Gasteiger partial charge in [0.25, 0.3) is 0 Å². The van der Waals surface area contributed by atoms with E-state index in [0.29, 0.717) is 0 Å². The molecule has 0 saturated heterocycles. The maximum atomic E-state index is 6.14. The fourth-order valence-electron chi connectivity index (χ4n) is 1.59. The van der Waals surface area contributed by atoms with Gasteiger partial charge in [0.1, 0.15) is 0 Å². The van der Waals surface area contributed by atoms with Crippen LogP contribution >= 0.6 is 0 Å². The Morgan fingerprint density at radius 3 is 2.07 bits per heavy atom. The van der Waals surface area contributed by atoms with Gasteiger partial charge in [-0.15, -0.1) is 0 Å². The Hall–Kier alpha value is -0.860. The Balaban J connectivity index is 2.77. The molecule has 0 bridgehead atoms. The molecule has 0 heterocycles. The van der Waals surface area contributed by atoms with Gasteiger partial charge in [0.2, 0.25) is 0 Å². The molecule has 0 fully saturated rings. The van der Waals surface area contributed by atoms with Gasteiger partial charge in [-0.2, -0.15) is 0 Å². The normalized spacial score (nSPS) is 13.2. The summed E-state index contributed by atoms with van der Waals surface area (Å²) in [4.78, 5) is 2.24. The molecule has 1 unspecified atom stereocenters. The maximum Gasteiger partial charge on any atom is 0.0835 e. The van der Waals surface area contributed by atoms with Crippen LogP contribution in [0.5, 0.6) is 0 Å². The van der Waals surface area contributed by atoms with Crippen molar-refractivity contribution in [2.75, 3.05) is 13.1 Å². The van der Waals surface area contributed by atoms with Gasteiger partial charge in [-0.05, 0) is 25.6 Å². The first-order valence-electron chi connectivity index (χ1n) is 5.25. The van der Waals surface area contributed by atoms with Crippen LogP contribution < -0.4 is 5.73 Å². The average molecular weight is 192 g/mol. The summed E-state index contributed by atoms with van der Waals surface area (Å²) in [5.41, 5.74) is 8.61. The third kappa shape index (κ3) is 2.56. The minimum Gasteiger partial charge on any atom is -0.312 e. The van der Waals surface area contributed by atoms with E-state index in [1.165, 1.54) is 11.1 Å². The third-order valence-electron chi connectivity index (χ3n) is 2.62. The van der Waals surface area contributed by atoms with Crippen LogP contribution in [0.15, 0.2) is 24.3 Å². The molecule has 14 heavy (non-hydrogen) atoms. The summed E-state index contributed by atoms with van der Waals surface area (Å²) in [6.45, 7) is 8.35. The van der Waals surface area contributed by atoms with Gasteiger partial charge in [0, 0.05) is 0 Å². The topological polar surface area (TPSA) is 29.3 Å². The van der Waals surface area contributed by atoms with Gasteiger partial charge in [-0.1, -0.05) is 43.7 Å². The lowest BCUT2D eigenvalue weighted by atomic mass is 10.1. The lowest BCUT2D eigenvalue weighted by Gasteiger charge is -2.26. The molecule has 1 aromatic rings. The summed E-state index contributed by atoms with van der Waals surface area (Å²) < 4.78 is 0. The Bertz CT molecular complexity index is 262. The molecular weight excluding hydrogens is 172 g/mol. The second kappa shape index (κ2) is 5.13. The SMILES string of the molecule is CCN(CC)C(N)c1ccc(C)cc1. The van der Waals surface area contributed by atoms with Crippen LogP contribution in [0, 0.1) is 6.92 Å². The highest BCUT2D eigenvalue weighted by atomic mass is 15.2. The first kappa shape index (κ1) is 11.2. The highest BCUT2D eigenvalue weighted by Crippen LogP contribution is 2.15. The number of aryl methyl sites for hydroxylation is 1. The predicted octanol–water partition coefficient (Wildman–Crippen LogP) is 2.29. The Morgan fingerprint density at radius 1 is 1.14 bits per heavy atom. The van der Waals surface area contributed by atoms with Crippen LogP contribution in [-0.2, 0) is 0 Å². The molecule has 1 atom stereocenters. The molecule has 2 nitrogen and oxygen atoms in total. The molecule has 0 aromatic heterocycles. The number of hydrogen-bond acceptors (Lipinski definition) is 2. The number of hydrogen-bond donors (Lipinski definition) is 1. The lowest BCUT2D eigenvalue weighted by Crippen LogP contribution is -2.34. The summed E-state index contributed by atoms with van der Waals surface area (Å²) in [6, 6.07) is 8.44. The van der Waals surface area contributed by atoms with Crippen molar-refractivity contribution in [3.8, 4) is 0 Å². The molecule has 0 radical (unpaired) electrons. The second-order valence-corrected chi connectivity index (χ2v) is 3.58. The van der Waals surface area contributed by atoms with Crippen molar-refractivity contribution in [2.24, 2.45) is 5.73 Å². The van der Waals surface area contributed by atoms with Crippen LogP contribution in [0.25, 0.3) is 0 Å². The van der Waals surface area contributed by atoms with Crippen LogP contribution in [0.3, 0.4) is 0 Å². The van der Waals surface area contributed by atoms with E-state index in [9.17, 15) is 0 Å². The minimum absolute atomic E-state index is 0.0330. The van der Waals surface area contributed by atoms with E-state index < -0.39 is 0 Å². The molecule has 0 aliphatic rings. The van der Waals surface area contributed by atoms with Gasteiger partial charge in [0.05, 0.1) is 6.17 Å². The van der Waals surface area contributed by atoms with Gasteiger partial charge < -0.3 is 5.73 Å². The fraction of sp³-hybridized carbons (Fsp3) is 0.500. The van der Waals surface area contributed by atoms with Crippen molar-refractivity contribution in [2.45, 2.75) is 26.9 Å². The molecule has 2 N–H and O–H groups in total. The van der Waals surface area contributed by atoms with E-state index in [4.69, 9.17) is 5.73 Å². The summed E-state index contributed by atoms with van der Waals surface area (Å²) in [5, 5.41) is 0. The monoisotopic (exact) mass is 192 g/mol. The van der Waals surface area contributed by atoms with Crippen molar-refractivity contribution in [3.05, 3.63) is 35.4 Å². The van der Waals surface area contributed by atoms with Crippen molar-refractivity contribution >= 4 is 0 Å². The molecule has 0 amide bonds. The zero-order valence-electron chi connectivity index (χ0n) is 9.33. The molecule has 1 rings (SSSR count). The number of nitrogens with zero attached hydrogens (tertiary/aromatic N) is 1.